The SMILES string of the molecule is c1ccc(-c2ccc(N(c3cccc(-c4ccccc4)c3)c3nc4c(ccc5ccccc54)o3)cc2)cc1. The highest BCUT2D eigenvalue weighted by Crippen LogP contribution is 2.39. The molecule has 0 saturated heterocycles. The molecule has 3 heteroatoms. The maximum Gasteiger partial charge on any atom is 0.307 e. The zero-order valence-electron chi connectivity index (χ0n) is 20.7. The van der Waals surface area contributed by atoms with Crippen molar-refractivity contribution in [2.45, 2.75) is 0 Å². The maximum absolute atomic E-state index is 6.42. The van der Waals surface area contributed by atoms with Crippen LogP contribution in [0.3, 0.4) is 0 Å². The smallest absolute Gasteiger partial charge is 0.307 e. The summed E-state index contributed by atoms with van der Waals surface area (Å²) >= 11 is 0. The lowest BCUT2D eigenvalue weighted by atomic mass is 10.0. The van der Waals surface area contributed by atoms with Gasteiger partial charge >= 0.3 is 6.01 Å². The van der Waals surface area contributed by atoms with Gasteiger partial charge in [0.05, 0.1) is 11.4 Å². The van der Waals surface area contributed by atoms with Gasteiger partial charge in [0.2, 0.25) is 0 Å². The van der Waals surface area contributed by atoms with E-state index >= 15 is 0 Å². The minimum Gasteiger partial charge on any atom is -0.423 e. The third kappa shape index (κ3) is 4.00. The molecule has 7 rings (SSSR count). The van der Waals surface area contributed by atoms with Gasteiger partial charge in [0.15, 0.2) is 5.58 Å². The first kappa shape index (κ1) is 22.1. The lowest BCUT2D eigenvalue weighted by Gasteiger charge is -2.22. The topological polar surface area (TPSA) is 29.3 Å². The Labute approximate surface area is 221 Å². The molecule has 1 aromatic heterocycles. The molecule has 0 atom stereocenters. The van der Waals surface area contributed by atoms with E-state index in [1.807, 2.05) is 30.3 Å². The Kier molecular flexibility index (Phi) is 5.45. The standard InChI is InChI=1S/C35H24N2O/c1-3-10-25(11-4-1)27-18-21-30(22-19-27)37(31-16-9-15-29(24-31)26-12-5-2-6-13-26)35-36-34-32-17-8-7-14-28(32)20-23-33(34)38-35/h1-24H. The molecule has 0 amide bonds. The maximum atomic E-state index is 6.42. The number of oxazole rings is 1. The van der Waals surface area contributed by atoms with Crippen LogP contribution in [0.25, 0.3) is 44.1 Å². The summed E-state index contributed by atoms with van der Waals surface area (Å²) in [6.07, 6.45) is 0. The number of aromatic nitrogens is 1. The number of fused-ring (bicyclic) bond motifs is 3. The first-order chi connectivity index (χ1) is 18.8. The zero-order valence-corrected chi connectivity index (χ0v) is 20.7. The summed E-state index contributed by atoms with van der Waals surface area (Å²) in [6.45, 7) is 0. The molecule has 0 fully saturated rings. The summed E-state index contributed by atoms with van der Waals surface area (Å²) in [5.41, 5.74) is 8.24. The van der Waals surface area contributed by atoms with Gasteiger partial charge in [-0.05, 0) is 58.0 Å². The van der Waals surface area contributed by atoms with Gasteiger partial charge in [0, 0.05) is 5.39 Å². The Hall–Kier alpha value is -5.15. The molecule has 0 aliphatic rings. The number of hydrogen-bond acceptors (Lipinski definition) is 3. The number of nitrogens with zero attached hydrogens (tertiary/aromatic N) is 2. The summed E-state index contributed by atoms with van der Waals surface area (Å²) in [4.78, 5) is 7.13. The molecule has 0 bridgehead atoms. The number of benzene rings is 6. The van der Waals surface area contributed by atoms with Crippen molar-refractivity contribution in [1.82, 2.24) is 4.98 Å². The van der Waals surface area contributed by atoms with Crippen LogP contribution in [0.5, 0.6) is 0 Å². The molecule has 0 aliphatic carbocycles. The lowest BCUT2D eigenvalue weighted by Crippen LogP contribution is -2.10. The van der Waals surface area contributed by atoms with Crippen LogP contribution in [0.2, 0.25) is 0 Å². The number of anilines is 3. The number of rotatable bonds is 5. The third-order valence-electron chi connectivity index (χ3n) is 6.91. The van der Waals surface area contributed by atoms with Crippen LogP contribution in [0, 0.1) is 0 Å². The van der Waals surface area contributed by atoms with Gasteiger partial charge in [-0.25, -0.2) is 0 Å². The molecular weight excluding hydrogens is 464 g/mol. The molecule has 38 heavy (non-hydrogen) atoms. The van der Waals surface area contributed by atoms with E-state index in [2.05, 4.69) is 120 Å². The fraction of sp³-hybridized carbons (Fsp3) is 0. The third-order valence-corrected chi connectivity index (χ3v) is 6.91. The minimum atomic E-state index is 0.536. The van der Waals surface area contributed by atoms with Crippen LogP contribution >= 0.6 is 0 Å². The second-order valence-electron chi connectivity index (χ2n) is 9.29. The van der Waals surface area contributed by atoms with Crippen LogP contribution in [-0.2, 0) is 0 Å². The Morgan fingerprint density at radius 3 is 1.87 bits per heavy atom. The van der Waals surface area contributed by atoms with E-state index in [9.17, 15) is 0 Å². The summed E-state index contributed by atoms with van der Waals surface area (Å²) in [5.74, 6) is 0. The highest BCUT2D eigenvalue weighted by Gasteiger charge is 2.20. The van der Waals surface area contributed by atoms with E-state index in [1.165, 1.54) is 5.56 Å². The Morgan fingerprint density at radius 2 is 1.11 bits per heavy atom. The molecule has 0 N–H and O–H groups in total. The largest absolute Gasteiger partial charge is 0.423 e. The zero-order chi connectivity index (χ0) is 25.3. The van der Waals surface area contributed by atoms with Crippen LogP contribution in [0.1, 0.15) is 0 Å². The highest BCUT2D eigenvalue weighted by molar-refractivity contribution is 6.04. The van der Waals surface area contributed by atoms with Crippen molar-refractivity contribution >= 4 is 39.3 Å². The fourth-order valence-electron chi connectivity index (χ4n) is 5.00. The van der Waals surface area contributed by atoms with Crippen LogP contribution in [0.4, 0.5) is 17.4 Å². The quantitative estimate of drug-likeness (QED) is 0.241. The highest BCUT2D eigenvalue weighted by atomic mass is 16.4. The molecule has 180 valence electrons. The van der Waals surface area contributed by atoms with Crippen molar-refractivity contribution < 1.29 is 4.42 Å². The second-order valence-corrected chi connectivity index (χ2v) is 9.29. The van der Waals surface area contributed by atoms with Crippen molar-refractivity contribution in [2.24, 2.45) is 0 Å². The Bertz CT molecular complexity index is 1860. The average Bonchev–Trinajstić information content (AvgIpc) is 3.43. The van der Waals surface area contributed by atoms with Gasteiger partial charge in [-0.15, -0.1) is 0 Å². The summed E-state index contributed by atoms with van der Waals surface area (Å²) in [5, 5.41) is 2.22. The van der Waals surface area contributed by atoms with Crippen LogP contribution < -0.4 is 4.90 Å². The van der Waals surface area contributed by atoms with E-state index in [1.54, 1.807) is 0 Å². The van der Waals surface area contributed by atoms with Gasteiger partial charge in [-0.1, -0.05) is 115 Å². The predicted molar refractivity (Wildman–Crippen MR) is 157 cm³/mol. The molecule has 6 aromatic carbocycles. The fourth-order valence-corrected chi connectivity index (χ4v) is 5.00. The van der Waals surface area contributed by atoms with E-state index < -0.39 is 0 Å². The molecule has 0 spiro atoms. The Balaban J connectivity index is 1.39. The van der Waals surface area contributed by atoms with Crippen molar-refractivity contribution in [3.63, 3.8) is 0 Å². The molecule has 0 radical (unpaired) electrons. The average molecular weight is 489 g/mol. The lowest BCUT2D eigenvalue weighted by molar-refractivity contribution is 0.608. The summed E-state index contributed by atoms with van der Waals surface area (Å²) in [6, 6.07) is 50.8. The summed E-state index contributed by atoms with van der Waals surface area (Å²) < 4.78 is 6.42. The van der Waals surface area contributed by atoms with Gasteiger partial charge < -0.3 is 4.42 Å². The van der Waals surface area contributed by atoms with E-state index in [0.29, 0.717) is 6.01 Å². The minimum absolute atomic E-state index is 0.536. The monoisotopic (exact) mass is 488 g/mol. The Morgan fingerprint density at radius 1 is 0.474 bits per heavy atom. The molecule has 0 unspecified atom stereocenters. The van der Waals surface area contributed by atoms with Crippen LogP contribution in [-0.4, -0.2) is 4.98 Å². The van der Waals surface area contributed by atoms with Crippen molar-refractivity contribution in [3.8, 4) is 22.3 Å². The van der Waals surface area contributed by atoms with Crippen molar-refractivity contribution in [3.05, 3.63) is 146 Å². The van der Waals surface area contributed by atoms with Crippen molar-refractivity contribution in [1.29, 1.82) is 0 Å². The second kappa shape index (κ2) is 9.38. The van der Waals surface area contributed by atoms with Crippen LogP contribution in [0.15, 0.2) is 150 Å². The molecule has 0 saturated carbocycles. The molecule has 3 nitrogen and oxygen atoms in total. The predicted octanol–water partition coefficient (Wildman–Crippen LogP) is 9.78. The van der Waals surface area contributed by atoms with E-state index in [0.717, 1.165) is 49.9 Å². The molecule has 1 heterocycles. The normalized spacial score (nSPS) is 11.2. The number of hydrogen-bond donors (Lipinski definition) is 0. The van der Waals surface area contributed by atoms with Crippen molar-refractivity contribution in [2.75, 3.05) is 4.90 Å². The molecular formula is C35H24N2O. The first-order valence-corrected chi connectivity index (χ1v) is 12.7. The van der Waals surface area contributed by atoms with Gasteiger partial charge in [0.1, 0.15) is 5.52 Å². The van der Waals surface area contributed by atoms with E-state index in [-0.39, 0.29) is 0 Å². The van der Waals surface area contributed by atoms with Gasteiger partial charge in [-0.2, -0.15) is 4.98 Å². The summed E-state index contributed by atoms with van der Waals surface area (Å²) in [7, 11) is 0. The van der Waals surface area contributed by atoms with Gasteiger partial charge in [-0.3, -0.25) is 4.90 Å². The molecule has 7 aromatic rings. The molecule has 0 aliphatic heterocycles. The first-order valence-electron chi connectivity index (χ1n) is 12.7. The van der Waals surface area contributed by atoms with Gasteiger partial charge in [0.25, 0.3) is 0 Å². The van der Waals surface area contributed by atoms with E-state index in [4.69, 9.17) is 9.40 Å².